The first-order valence-electron chi connectivity index (χ1n) is 4.76. The van der Waals surface area contributed by atoms with Crippen molar-refractivity contribution in [2.75, 3.05) is 24.8 Å². The second kappa shape index (κ2) is 4.19. The summed E-state index contributed by atoms with van der Waals surface area (Å²) in [5.74, 6) is -1.95. The van der Waals surface area contributed by atoms with Gasteiger partial charge in [0.05, 0.1) is 12.4 Å². The van der Waals surface area contributed by atoms with Crippen LogP contribution in [0.4, 0.5) is 18.9 Å². The van der Waals surface area contributed by atoms with Crippen LogP contribution in [-0.4, -0.2) is 28.3 Å². The highest BCUT2D eigenvalue weighted by Gasteiger charge is 2.33. The molecule has 1 aliphatic rings. The van der Waals surface area contributed by atoms with E-state index in [0.717, 1.165) is 17.0 Å². The molecule has 2 rings (SSSR count). The van der Waals surface area contributed by atoms with E-state index in [1.807, 2.05) is 4.72 Å². The second-order valence-electron chi connectivity index (χ2n) is 3.47. The molecule has 1 aliphatic heterocycles. The first-order chi connectivity index (χ1) is 7.97. The van der Waals surface area contributed by atoms with Crippen molar-refractivity contribution < 1.29 is 21.6 Å². The molecule has 94 valence electrons. The molecule has 0 unspecified atom stereocenters. The highest BCUT2D eigenvalue weighted by molar-refractivity contribution is 7.89. The molecule has 0 atom stereocenters. The van der Waals surface area contributed by atoms with Crippen molar-refractivity contribution in [2.24, 2.45) is 0 Å². The van der Waals surface area contributed by atoms with Gasteiger partial charge in [0, 0.05) is 6.54 Å². The number of hydrogen-bond donors (Lipinski definition) is 1. The molecule has 1 aromatic rings. The van der Waals surface area contributed by atoms with E-state index in [1.54, 1.807) is 0 Å². The fourth-order valence-electron chi connectivity index (χ4n) is 1.68. The molecule has 17 heavy (non-hydrogen) atoms. The van der Waals surface area contributed by atoms with Gasteiger partial charge < -0.3 is 4.90 Å². The molecule has 0 radical (unpaired) electrons. The van der Waals surface area contributed by atoms with Crippen molar-refractivity contribution in [3.05, 3.63) is 23.8 Å². The number of anilines is 1. The Morgan fingerprint density at radius 3 is 2.59 bits per heavy atom. The number of benzene rings is 1. The Hall–Kier alpha value is -1.28. The first kappa shape index (κ1) is 12.2. The monoisotopic (exact) mass is 266 g/mol. The standard InChI is InChI=1S/C9H9F3N2O2S/c10-3-4-14-5-13-17(15,16)9-7(12)2-1-6(11)8(9)14/h1-2,13H,3-5H2. The molecular formula is C9H9F3N2O2S. The van der Waals surface area contributed by atoms with Crippen LogP contribution in [0, 0.1) is 11.6 Å². The third kappa shape index (κ3) is 1.98. The summed E-state index contributed by atoms with van der Waals surface area (Å²) in [5.41, 5.74) is -0.415. The fourth-order valence-corrected chi connectivity index (χ4v) is 2.96. The number of nitrogens with one attached hydrogen (secondary N) is 1. The molecule has 4 nitrogen and oxygen atoms in total. The van der Waals surface area contributed by atoms with Crippen molar-refractivity contribution in [2.45, 2.75) is 4.90 Å². The maximum absolute atomic E-state index is 13.5. The lowest BCUT2D eigenvalue weighted by Gasteiger charge is -2.30. The average molecular weight is 266 g/mol. The summed E-state index contributed by atoms with van der Waals surface area (Å²) in [6.45, 7) is -1.29. The molecule has 0 bridgehead atoms. The first-order valence-corrected chi connectivity index (χ1v) is 6.24. The zero-order chi connectivity index (χ0) is 12.6. The van der Waals surface area contributed by atoms with E-state index in [2.05, 4.69) is 0 Å². The zero-order valence-electron chi connectivity index (χ0n) is 8.58. The minimum Gasteiger partial charge on any atom is -0.352 e. The largest absolute Gasteiger partial charge is 0.352 e. The van der Waals surface area contributed by atoms with Gasteiger partial charge in [0.2, 0.25) is 10.0 Å². The smallest absolute Gasteiger partial charge is 0.247 e. The molecule has 0 fully saturated rings. The summed E-state index contributed by atoms with van der Waals surface area (Å²) in [6, 6.07) is 1.55. The SMILES string of the molecule is O=S1(=O)NCN(CCF)c2c(F)ccc(F)c21. The van der Waals surface area contributed by atoms with Crippen molar-refractivity contribution in [1.29, 1.82) is 0 Å². The van der Waals surface area contributed by atoms with Gasteiger partial charge in [-0.05, 0) is 12.1 Å². The summed E-state index contributed by atoms with van der Waals surface area (Å²) in [6.07, 6.45) is 0. The molecule has 0 aliphatic carbocycles. The van der Waals surface area contributed by atoms with Crippen molar-refractivity contribution in [3.8, 4) is 0 Å². The van der Waals surface area contributed by atoms with E-state index in [0.29, 0.717) is 0 Å². The lowest BCUT2D eigenvalue weighted by atomic mass is 10.2. The van der Waals surface area contributed by atoms with Crippen molar-refractivity contribution in [1.82, 2.24) is 4.72 Å². The number of fused-ring (bicyclic) bond motifs is 1. The third-order valence-electron chi connectivity index (χ3n) is 2.42. The maximum atomic E-state index is 13.5. The van der Waals surface area contributed by atoms with Gasteiger partial charge in [-0.15, -0.1) is 0 Å². The molecule has 0 spiro atoms. The quantitative estimate of drug-likeness (QED) is 0.868. The van der Waals surface area contributed by atoms with Crippen molar-refractivity contribution in [3.63, 3.8) is 0 Å². The average Bonchev–Trinajstić information content (AvgIpc) is 2.26. The Balaban J connectivity index is 2.68. The Morgan fingerprint density at radius 2 is 1.94 bits per heavy atom. The van der Waals surface area contributed by atoms with Crippen LogP contribution in [0.2, 0.25) is 0 Å². The molecule has 8 heteroatoms. The second-order valence-corrected chi connectivity index (χ2v) is 5.17. The summed E-state index contributed by atoms with van der Waals surface area (Å²) in [7, 11) is -4.08. The van der Waals surface area contributed by atoms with E-state index < -0.39 is 38.9 Å². The van der Waals surface area contributed by atoms with Gasteiger partial charge in [0.15, 0.2) is 0 Å². The van der Waals surface area contributed by atoms with Crippen LogP contribution < -0.4 is 9.62 Å². The van der Waals surface area contributed by atoms with E-state index in [-0.39, 0.29) is 13.2 Å². The number of alkyl halides is 1. The predicted octanol–water partition coefficient (Wildman–Crippen LogP) is 0.990. The van der Waals surface area contributed by atoms with E-state index in [9.17, 15) is 21.6 Å². The maximum Gasteiger partial charge on any atom is 0.247 e. The van der Waals surface area contributed by atoms with Gasteiger partial charge in [-0.25, -0.2) is 21.6 Å². The van der Waals surface area contributed by atoms with E-state index in [1.165, 1.54) is 0 Å². The Bertz CT molecular complexity index is 547. The number of nitrogens with zero attached hydrogens (tertiary/aromatic N) is 1. The topological polar surface area (TPSA) is 49.4 Å². The van der Waals surface area contributed by atoms with Gasteiger partial charge in [-0.1, -0.05) is 0 Å². The number of hydrogen-bond acceptors (Lipinski definition) is 3. The predicted molar refractivity (Wildman–Crippen MR) is 54.9 cm³/mol. The summed E-state index contributed by atoms with van der Waals surface area (Å²) >= 11 is 0. The summed E-state index contributed by atoms with van der Waals surface area (Å²) < 4.78 is 64.4. The van der Waals surface area contributed by atoms with Crippen LogP contribution >= 0.6 is 0 Å². The highest BCUT2D eigenvalue weighted by atomic mass is 32.2. The zero-order valence-corrected chi connectivity index (χ0v) is 9.40. The van der Waals surface area contributed by atoms with Gasteiger partial charge in [-0.3, -0.25) is 0 Å². The van der Waals surface area contributed by atoms with Gasteiger partial charge >= 0.3 is 0 Å². The van der Waals surface area contributed by atoms with Crippen LogP contribution in [0.3, 0.4) is 0 Å². The fraction of sp³-hybridized carbons (Fsp3) is 0.333. The van der Waals surface area contributed by atoms with Gasteiger partial charge in [-0.2, -0.15) is 4.72 Å². The van der Waals surface area contributed by atoms with Crippen LogP contribution in [0.1, 0.15) is 0 Å². The van der Waals surface area contributed by atoms with Gasteiger partial charge in [0.1, 0.15) is 23.2 Å². The Kier molecular flexibility index (Phi) is 3.00. The number of halogens is 3. The summed E-state index contributed by atoms with van der Waals surface area (Å²) in [5, 5.41) is 0. The van der Waals surface area contributed by atoms with E-state index >= 15 is 0 Å². The van der Waals surface area contributed by atoms with Crippen LogP contribution in [0.15, 0.2) is 17.0 Å². The molecule has 1 N–H and O–H groups in total. The third-order valence-corrected chi connectivity index (χ3v) is 3.85. The molecule has 1 aromatic carbocycles. The van der Waals surface area contributed by atoms with Crippen LogP contribution in [0.5, 0.6) is 0 Å². The lowest BCUT2D eigenvalue weighted by Crippen LogP contribution is -2.45. The molecule has 1 heterocycles. The molecule has 0 amide bonds. The van der Waals surface area contributed by atoms with Crippen LogP contribution in [-0.2, 0) is 10.0 Å². The molecule has 0 saturated heterocycles. The molecule has 0 aromatic heterocycles. The van der Waals surface area contributed by atoms with Crippen molar-refractivity contribution >= 4 is 15.7 Å². The normalized spacial score (nSPS) is 17.9. The molecular weight excluding hydrogens is 257 g/mol. The summed E-state index contributed by atoms with van der Waals surface area (Å²) in [4.78, 5) is 0.339. The Labute approximate surface area is 96.1 Å². The molecule has 0 saturated carbocycles. The minimum absolute atomic E-state index is 0.212. The highest BCUT2D eigenvalue weighted by Crippen LogP contribution is 2.33. The van der Waals surface area contributed by atoms with Crippen LogP contribution in [0.25, 0.3) is 0 Å². The number of rotatable bonds is 2. The van der Waals surface area contributed by atoms with Gasteiger partial charge in [0.25, 0.3) is 0 Å². The lowest BCUT2D eigenvalue weighted by molar-refractivity contribution is 0.474. The number of sulfonamides is 1. The Morgan fingerprint density at radius 1 is 1.29 bits per heavy atom. The van der Waals surface area contributed by atoms with E-state index in [4.69, 9.17) is 0 Å². The minimum atomic E-state index is -4.08.